The highest BCUT2D eigenvalue weighted by Crippen LogP contribution is 2.25. The number of likely N-dealkylation sites (tertiary alicyclic amines) is 1. The van der Waals surface area contributed by atoms with Crippen LogP contribution < -0.4 is 0 Å². The second kappa shape index (κ2) is 4.76. The Morgan fingerprint density at radius 3 is 2.19 bits per heavy atom. The molecule has 1 heterocycles. The molecule has 1 saturated heterocycles. The molecule has 0 unspecified atom stereocenters. The summed E-state index contributed by atoms with van der Waals surface area (Å²) in [5.41, 5.74) is 0. The van der Waals surface area contributed by atoms with E-state index in [0.29, 0.717) is 0 Å². The molecule has 0 aromatic rings. The zero-order valence-electron chi connectivity index (χ0n) is 9.41. The van der Waals surface area contributed by atoms with Crippen LogP contribution in [-0.4, -0.2) is 29.0 Å². The van der Waals surface area contributed by atoms with Crippen molar-refractivity contribution < 1.29 is 14.4 Å². The molecule has 1 saturated carbocycles. The minimum absolute atomic E-state index is 0.0162. The van der Waals surface area contributed by atoms with Crippen molar-refractivity contribution in [1.82, 2.24) is 4.90 Å². The Hall–Kier alpha value is -1.19. The fraction of sp³-hybridized carbons (Fsp3) is 0.750. The van der Waals surface area contributed by atoms with Crippen LogP contribution >= 0.6 is 0 Å². The molecule has 4 nitrogen and oxygen atoms in total. The summed E-state index contributed by atoms with van der Waals surface area (Å²) < 4.78 is 0. The molecule has 1 aliphatic heterocycles. The van der Waals surface area contributed by atoms with Crippen LogP contribution in [0.5, 0.6) is 0 Å². The largest absolute Gasteiger partial charge is 0.297 e. The number of nitrogens with zero attached hydrogens (tertiary/aromatic N) is 1. The highest BCUT2D eigenvalue weighted by atomic mass is 16.2. The maximum Gasteiger partial charge on any atom is 0.230 e. The van der Waals surface area contributed by atoms with Crippen LogP contribution in [0.15, 0.2) is 0 Å². The summed E-state index contributed by atoms with van der Waals surface area (Å²) in [6, 6.07) is 0. The Labute approximate surface area is 95.0 Å². The number of ketones is 1. The number of hydrogen-bond donors (Lipinski definition) is 0. The summed E-state index contributed by atoms with van der Waals surface area (Å²) in [5, 5.41) is 0. The number of imide groups is 1. The summed E-state index contributed by atoms with van der Waals surface area (Å²) in [4.78, 5) is 35.7. The third kappa shape index (κ3) is 2.31. The lowest BCUT2D eigenvalue weighted by Crippen LogP contribution is -2.37. The van der Waals surface area contributed by atoms with Gasteiger partial charge in [0.25, 0.3) is 0 Å². The highest BCUT2D eigenvalue weighted by Gasteiger charge is 2.32. The Balaban J connectivity index is 1.90. The van der Waals surface area contributed by atoms with Gasteiger partial charge < -0.3 is 0 Å². The van der Waals surface area contributed by atoms with E-state index in [9.17, 15) is 14.4 Å². The lowest BCUT2D eigenvalue weighted by atomic mass is 9.86. The summed E-state index contributed by atoms with van der Waals surface area (Å²) in [6.45, 7) is 0.0162. The van der Waals surface area contributed by atoms with Gasteiger partial charge in [0.1, 0.15) is 0 Å². The normalized spacial score (nSPS) is 22.9. The summed E-state index contributed by atoms with van der Waals surface area (Å²) in [5.74, 6) is -0.221. The van der Waals surface area contributed by atoms with Crippen LogP contribution in [-0.2, 0) is 14.4 Å². The number of amides is 2. The molecule has 2 fully saturated rings. The quantitative estimate of drug-likeness (QED) is 0.677. The Morgan fingerprint density at radius 1 is 1.06 bits per heavy atom. The predicted octanol–water partition coefficient (Wildman–Crippen LogP) is 1.28. The van der Waals surface area contributed by atoms with E-state index in [0.717, 1.165) is 30.6 Å². The zero-order chi connectivity index (χ0) is 11.5. The number of hydrogen-bond acceptors (Lipinski definition) is 3. The van der Waals surface area contributed by atoms with Crippen LogP contribution in [0.2, 0.25) is 0 Å². The first-order valence-corrected chi connectivity index (χ1v) is 6.04. The number of carbonyl (C=O) groups excluding carboxylic acids is 3. The molecule has 16 heavy (non-hydrogen) atoms. The van der Waals surface area contributed by atoms with Crippen molar-refractivity contribution in [2.75, 3.05) is 6.54 Å². The Morgan fingerprint density at radius 2 is 1.62 bits per heavy atom. The van der Waals surface area contributed by atoms with E-state index in [1.165, 1.54) is 6.42 Å². The van der Waals surface area contributed by atoms with Gasteiger partial charge in [-0.25, -0.2) is 0 Å². The predicted molar refractivity (Wildman–Crippen MR) is 57.5 cm³/mol. The molecular weight excluding hydrogens is 206 g/mol. The molecule has 2 amide bonds. The van der Waals surface area contributed by atoms with Crippen molar-refractivity contribution in [3.63, 3.8) is 0 Å². The molecular formula is C12H17NO3. The monoisotopic (exact) mass is 223 g/mol. The molecule has 2 rings (SSSR count). The average Bonchev–Trinajstić information content (AvgIpc) is 2.62. The fourth-order valence-electron chi connectivity index (χ4n) is 2.51. The van der Waals surface area contributed by atoms with Gasteiger partial charge in [-0.15, -0.1) is 0 Å². The van der Waals surface area contributed by atoms with Gasteiger partial charge in [-0.1, -0.05) is 19.3 Å². The van der Waals surface area contributed by atoms with E-state index in [4.69, 9.17) is 0 Å². The van der Waals surface area contributed by atoms with Crippen LogP contribution in [0.3, 0.4) is 0 Å². The van der Waals surface area contributed by atoms with E-state index in [1.54, 1.807) is 0 Å². The van der Waals surface area contributed by atoms with Crippen molar-refractivity contribution >= 4 is 17.6 Å². The van der Waals surface area contributed by atoms with Gasteiger partial charge in [-0.3, -0.25) is 19.3 Å². The van der Waals surface area contributed by atoms with E-state index >= 15 is 0 Å². The van der Waals surface area contributed by atoms with E-state index in [2.05, 4.69) is 0 Å². The van der Waals surface area contributed by atoms with Crippen molar-refractivity contribution in [2.45, 2.75) is 44.9 Å². The van der Waals surface area contributed by atoms with Gasteiger partial charge in [-0.2, -0.15) is 0 Å². The highest BCUT2D eigenvalue weighted by molar-refractivity contribution is 6.04. The molecule has 2 aliphatic rings. The van der Waals surface area contributed by atoms with E-state index < -0.39 is 0 Å². The minimum atomic E-state index is -0.186. The summed E-state index contributed by atoms with van der Waals surface area (Å²) in [7, 11) is 0. The Bertz CT molecular complexity index is 302. The summed E-state index contributed by atoms with van der Waals surface area (Å²) in [6.07, 6.45) is 5.79. The van der Waals surface area contributed by atoms with Crippen LogP contribution in [0.25, 0.3) is 0 Å². The molecule has 0 radical (unpaired) electrons. The van der Waals surface area contributed by atoms with E-state index in [1.807, 2.05) is 0 Å². The van der Waals surface area contributed by atoms with E-state index in [-0.39, 0.29) is 42.9 Å². The number of Topliss-reactive ketones (excluding diaryl/α,β-unsaturated/α-hetero) is 1. The standard InChI is InChI=1S/C12H17NO3/c14-10(9-4-2-1-3-5-9)8-13-11(15)6-7-12(13)16/h9H,1-8H2. The first kappa shape index (κ1) is 11.3. The second-order valence-corrected chi connectivity index (χ2v) is 4.67. The molecule has 0 N–H and O–H groups in total. The van der Waals surface area contributed by atoms with Crippen LogP contribution in [0.1, 0.15) is 44.9 Å². The average molecular weight is 223 g/mol. The first-order chi connectivity index (χ1) is 7.68. The minimum Gasteiger partial charge on any atom is -0.297 e. The SMILES string of the molecule is O=C(CN1C(=O)CCC1=O)C1CCCCC1. The molecule has 88 valence electrons. The topological polar surface area (TPSA) is 54.5 Å². The lowest BCUT2D eigenvalue weighted by Gasteiger charge is -2.22. The third-order valence-electron chi connectivity index (χ3n) is 3.53. The molecule has 0 aromatic carbocycles. The second-order valence-electron chi connectivity index (χ2n) is 4.67. The zero-order valence-corrected chi connectivity index (χ0v) is 9.41. The lowest BCUT2D eigenvalue weighted by molar-refractivity contribution is -0.142. The van der Waals surface area contributed by atoms with Gasteiger partial charge in [-0.05, 0) is 12.8 Å². The van der Waals surface area contributed by atoms with Crippen molar-refractivity contribution in [2.24, 2.45) is 5.92 Å². The first-order valence-electron chi connectivity index (χ1n) is 6.04. The van der Waals surface area contributed by atoms with Gasteiger partial charge in [0.15, 0.2) is 5.78 Å². The van der Waals surface area contributed by atoms with Crippen LogP contribution in [0.4, 0.5) is 0 Å². The molecule has 4 heteroatoms. The smallest absolute Gasteiger partial charge is 0.230 e. The molecule has 0 aromatic heterocycles. The van der Waals surface area contributed by atoms with Crippen molar-refractivity contribution in [1.29, 1.82) is 0 Å². The van der Waals surface area contributed by atoms with Gasteiger partial charge in [0, 0.05) is 18.8 Å². The van der Waals surface area contributed by atoms with Crippen molar-refractivity contribution in [3.8, 4) is 0 Å². The van der Waals surface area contributed by atoms with Gasteiger partial charge in [0.05, 0.1) is 6.54 Å². The number of rotatable bonds is 3. The third-order valence-corrected chi connectivity index (χ3v) is 3.53. The summed E-state index contributed by atoms with van der Waals surface area (Å²) >= 11 is 0. The molecule has 0 atom stereocenters. The maximum absolute atomic E-state index is 11.9. The van der Waals surface area contributed by atoms with Crippen LogP contribution in [0, 0.1) is 5.92 Å². The fourth-order valence-corrected chi connectivity index (χ4v) is 2.51. The maximum atomic E-state index is 11.9. The molecule has 0 bridgehead atoms. The molecule has 1 aliphatic carbocycles. The number of carbonyl (C=O) groups is 3. The van der Waals surface area contributed by atoms with Crippen molar-refractivity contribution in [3.05, 3.63) is 0 Å². The van der Waals surface area contributed by atoms with Gasteiger partial charge >= 0.3 is 0 Å². The van der Waals surface area contributed by atoms with Gasteiger partial charge in [0.2, 0.25) is 11.8 Å². The molecule has 0 spiro atoms. The Kier molecular flexibility index (Phi) is 3.36.